The first kappa shape index (κ1) is 17.4. The molecule has 5 rings (SSSR count). The highest BCUT2D eigenvalue weighted by atomic mass is 16.5. The Bertz CT molecular complexity index is 1140. The molecule has 0 aliphatic carbocycles. The van der Waals surface area contributed by atoms with Gasteiger partial charge in [0.25, 0.3) is 0 Å². The molecule has 1 aromatic carbocycles. The number of carbonyl (C=O) groups excluding carboxylic acids is 1. The lowest BCUT2D eigenvalue weighted by atomic mass is 10.2. The molecule has 146 valence electrons. The Morgan fingerprint density at radius 2 is 2.17 bits per heavy atom. The average Bonchev–Trinajstić information content (AvgIpc) is 3.51. The van der Waals surface area contributed by atoms with Gasteiger partial charge in [-0.2, -0.15) is 4.98 Å². The third kappa shape index (κ3) is 3.54. The van der Waals surface area contributed by atoms with Crippen molar-refractivity contribution in [3.8, 4) is 23.0 Å². The second kappa shape index (κ2) is 7.34. The fourth-order valence-corrected chi connectivity index (χ4v) is 3.41. The molecule has 1 aliphatic rings. The second-order valence-electron chi connectivity index (χ2n) is 6.81. The zero-order valence-corrected chi connectivity index (χ0v) is 15.5. The van der Waals surface area contributed by atoms with Crippen LogP contribution in [0.3, 0.4) is 0 Å². The molecule has 1 N–H and O–H groups in total. The lowest BCUT2D eigenvalue weighted by Crippen LogP contribution is -2.12. The molecule has 1 amide bonds. The highest BCUT2D eigenvalue weighted by molar-refractivity contribution is 5.91. The van der Waals surface area contributed by atoms with Crippen LogP contribution < -0.4 is 5.32 Å². The number of amides is 1. The summed E-state index contributed by atoms with van der Waals surface area (Å²) in [7, 11) is 0. The van der Waals surface area contributed by atoms with Crippen molar-refractivity contribution in [1.82, 2.24) is 24.9 Å². The van der Waals surface area contributed by atoms with Crippen molar-refractivity contribution >= 4 is 11.6 Å². The molecule has 0 saturated heterocycles. The summed E-state index contributed by atoms with van der Waals surface area (Å²) in [5, 5.41) is 15.3. The van der Waals surface area contributed by atoms with Gasteiger partial charge in [0, 0.05) is 37.1 Å². The van der Waals surface area contributed by atoms with Gasteiger partial charge < -0.3 is 18.8 Å². The van der Waals surface area contributed by atoms with E-state index in [1.165, 1.54) is 0 Å². The highest BCUT2D eigenvalue weighted by Gasteiger charge is 2.18. The zero-order valence-electron chi connectivity index (χ0n) is 15.5. The van der Waals surface area contributed by atoms with Crippen molar-refractivity contribution in [3.63, 3.8) is 0 Å². The number of nitrogens with zero attached hydrogens (tertiary/aromatic N) is 5. The first-order valence-corrected chi connectivity index (χ1v) is 9.45. The second-order valence-corrected chi connectivity index (χ2v) is 6.81. The smallest absolute Gasteiger partial charge is 0.238 e. The van der Waals surface area contributed by atoms with E-state index >= 15 is 0 Å². The molecule has 0 unspecified atom stereocenters. The van der Waals surface area contributed by atoms with Crippen molar-refractivity contribution < 1.29 is 13.7 Å². The van der Waals surface area contributed by atoms with Crippen LogP contribution >= 0.6 is 0 Å². The molecule has 0 spiro atoms. The molecule has 3 aromatic heterocycles. The van der Waals surface area contributed by atoms with E-state index in [1.807, 2.05) is 24.3 Å². The van der Waals surface area contributed by atoms with Gasteiger partial charge in [0.1, 0.15) is 5.82 Å². The van der Waals surface area contributed by atoms with Gasteiger partial charge in [-0.05, 0) is 30.7 Å². The van der Waals surface area contributed by atoms with Crippen molar-refractivity contribution in [2.45, 2.75) is 32.2 Å². The number of hydrogen-bond acceptors (Lipinski definition) is 7. The normalized spacial score (nSPS) is 12.8. The fourth-order valence-electron chi connectivity index (χ4n) is 3.41. The Kier molecular flexibility index (Phi) is 4.39. The Morgan fingerprint density at radius 3 is 3.07 bits per heavy atom. The molecule has 9 heteroatoms. The molecule has 0 atom stereocenters. The standard InChI is InChI=1S/C20H18N6O3/c27-17(8-9-18-22-19(25-29-18)15-6-3-11-28-15)21-14-5-1-4-13(12-14)20-24-23-16-7-2-10-26(16)20/h1,3-6,11-12H,2,7-10H2,(H,21,27). The number of nitrogens with one attached hydrogen (secondary N) is 1. The van der Waals surface area contributed by atoms with Crippen molar-refractivity contribution in [2.75, 3.05) is 5.32 Å². The Balaban J connectivity index is 1.22. The summed E-state index contributed by atoms with van der Waals surface area (Å²) in [6, 6.07) is 11.1. The molecule has 4 aromatic rings. The fraction of sp³-hybridized carbons (Fsp3) is 0.250. The maximum atomic E-state index is 12.4. The summed E-state index contributed by atoms with van der Waals surface area (Å²) in [4.78, 5) is 16.6. The Labute approximate surface area is 165 Å². The largest absolute Gasteiger partial charge is 0.461 e. The molecule has 4 heterocycles. The minimum atomic E-state index is -0.133. The number of fused-ring (bicyclic) bond motifs is 1. The highest BCUT2D eigenvalue weighted by Crippen LogP contribution is 2.25. The van der Waals surface area contributed by atoms with Crippen LogP contribution in [0.1, 0.15) is 24.6 Å². The van der Waals surface area contributed by atoms with E-state index in [-0.39, 0.29) is 12.3 Å². The summed E-state index contributed by atoms with van der Waals surface area (Å²) in [6.07, 6.45) is 4.16. The van der Waals surface area contributed by atoms with Crippen molar-refractivity contribution in [2.24, 2.45) is 0 Å². The van der Waals surface area contributed by atoms with Crippen molar-refractivity contribution in [3.05, 3.63) is 54.4 Å². The zero-order chi connectivity index (χ0) is 19.6. The lowest BCUT2D eigenvalue weighted by Gasteiger charge is -2.07. The molecule has 0 radical (unpaired) electrons. The maximum Gasteiger partial charge on any atom is 0.238 e. The van der Waals surface area contributed by atoms with E-state index in [9.17, 15) is 4.79 Å². The van der Waals surface area contributed by atoms with Gasteiger partial charge in [-0.1, -0.05) is 17.3 Å². The van der Waals surface area contributed by atoms with Gasteiger partial charge in [-0.25, -0.2) is 0 Å². The molecule has 1 aliphatic heterocycles. The summed E-state index contributed by atoms with van der Waals surface area (Å²) in [5.74, 6) is 3.01. The van der Waals surface area contributed by atoms with Crippen LogP contribution in [-0.4, -0.2) is 30.8 Å². The minimum Gasteiger partial charge on any atom is -0.461 e. The molecular formula is C20H18N6O3. The molecule has 29 heavy (non-hydrogen) atoms. The average molecular weight is 390 g/mol. The van der Waals surface area contributed by atoms with Crippen molar-refractivity contribution in [1.29, 1.82) is 0 Å². The molecule has 9 nitrogen and oxygen atoms in total. The van der Waals surface area contributed by atoms with E-state index in [2.05, 4.69) is 30.2 Å². The van der Waals surface area contributed by atoms with Crippen LogP contribution in [0.2, 0.25) is 0 Å². The van der Waals surface area contributed by atoms with Gasteiger partial charge in [-0.3, -0.25) is 4.79 Å². The number of anilines is 1. The summed E-state index contributed by atoms with van der Waals surface area (Å²) >= 11 is 0. The van der Waals surface area contributed by atoms with Gasteiger partial charge in [0.05, 0.1) is 6.26 Å². The van der Waals surface area contributed by atoms with Gasteiger partial charge in [-0.15, -0.1) is 10.2 Å². The number of hydrogen-bond donors (Lipinski definition) is 1. The predicted octanol–water partition coefficient (Wildman–Crippen LogP) is 3.11. The van der Waals surface area contributed by atoms with Crippen LogP contribution in [-0.2, 0) is 24.2 Å². The van der Waals surface area contributed by atoms with Gasteiger partial charge in [0.2, 0.25) is 17.6 Å². The van der Waals surface area contributed by atoms with Crippen LogP contribution in [0.4, 0.5) is 5.69 Å². The lowest BCUT2D eigenvalue weighted by molar-refractivity contribution is -0.116. The van der Waals surface area contributed by atoms with Crippen LogP contribution in [0, 0.1) is 0 Å². The number of benzene rings is 1. The SMILES string of the molecule is O=C(CCc1nc(-c2ccco2)no1)Nc1cccc(-c2nnc3n2CCC3)c1. The summed E-state index contributed by atoms with van der Waals surface area (Å²) in [5.41, 5.74) is 1.65. The Hall–Kier alpha value is -3.75. The number of aromatic nitrogens is 5. The van der Waals surface area contributed by atoms with E-state index in [0.717, 1.165) is 36.6 Å². The topological polar surface area (TPSA) is 112 Å². The van der Waals surface area contributed by atoms with E-state index < -0.39 is 0 Å². The first-order chi connectivity index (χ1) is 14.3. The number of carbonyl (C=O) groups is 1. The van der Waals surface area contributed by atoms with Crippen LogP contribution in [0.25, 0.3) is 23.0 Å². The quantitative estimate of drug-likeness (QED) is 0.538. The molecular weight excluding hydrogens is 372 g/mol. The summed E-state index contributed by atoms with van der Waals surface area (Å²) < 4.78 is 12.5. The maximum absolute atomic E-state index is 12.4. The molecule has 0 saturated carbocycles. The molecule has 0 fully saturated rings. The Morgan fingerprint density at radius 1 is 1.21 bits per heavy atom. The number of rotatable bonds is 6. The van der Waals surface area contributed by atoms with E-state index in [1.54, 1.807) is 18.4 Å². The third-order valence-corrected chi connectivity index (χ3v) is 4.79. The van der Waals surface area contributed by atoms with Gasteiger partial charge >= 0.3 is 0 Å². The van der Waals surface area contributed by atoms with E-state index in [0.29, 0.717) is 29.6 Å². The van der Waals surface area contributed by atoms with Crippen LogP contribution in [0.15, 0.2) is 51.6 Å². The minimum absolute atomic E-state index is 0.133. The van der Waals surface area contributed by atoms with E-state index in [4.69, 9.17) is 8.94 Å². The summed E-state index contributed by atoms with van der Waals surface area (Å²) in [6.45, 7) is 0.929. The molecule has 0 bridgehead atoms. The third-order valence-electron chi connectivity index (χ3n) is 4.79. The number of aryl methyl sites for hydroxylation is 2. The van der Waals surface area contributed by atoms with Crippen LogP contribution in [0.5, 0.6) is 0 Å². The predicted molar refractivity (Wildman–Crippen MR) is 103 cm³/mol. The number of furan rings is 1. The van der Waals surface area contributed by atoms with Gasteiger partial charge in [0.15, 0.2) is 11.6 Å². The first-order valence-electron chi connectivity index (χ1n) is 9.45. The monoisotopic (exact) mass is 390 g/mol.